The second-order valence-electron chi connectivity index (χ2n) is 3.95. The van der Waals surface area contributed by atoms with E-state index in [1.54, 1.807) is 36.3 Å². The molecule has 0 N–H and O–H groups in total. The minimum absolute atomic E-state index is 0.150. The van der Waals surface area contributed by atoms with Gasteiger partial charge in [0, 0.05) is 23.8 Å². The van der Waals surface area contributed by atoms with Crippen LogP contribution in [-0.2, 0) is 6.54 Å². The van der Waals surface area contributed by atoms with Gasteiger partial charge in [0.05, 0.1) is 6.54 Å². The van der Waals surface area contributed by atoms with Crippen molar-refractivity contribution in [2.45, 2.75) is 13.5 Å². The number of nitrogens with zero attached hydrogens (tertiary/aromatic N) is 3. The molecule has 0 radical (unpaired) electrons. The molecule has 0 aliphatic rings. The molecule has 0 aliphatic heterocycles. The Bertz CT molecular complexity index is 551. The first-order chi connectivity index (χ1) is 8.56. The summed E-state index contributed by atoms with van der Waals surface area (Å²) in [5.74, 6) is 0.579. The molecule has 0 saturated carbocycles. The maximum absolute atomic E-state index is 12.1. The van der Waals surface area contributed by atoms with Crippen LogP contribution in [0.5, 0.6) is 0 Å². The number of pyridine rings is 1. The third-order valence-electron chi connectivity index (χ3n) is 2.37. The van der Waals surface area contributed by atoms with Gasteiger partial charge in [-0.1, -0.05) is 5.16 Å². The summed E-state index contributed by atoms with van der Waals surface area (Å²) in [5, 5.41) is 3.85. The molecule has 5 nitrogen and oxygen atoms in total. The van der Waals surface area contributed by atoms with Crippen LogP contribution < -0.4 is 0 Å². The average Bonchev–Trinajstić information content (AvgIpc) is 2.75. The van der Waals surface area contributed by atoms with Crippen LogP contribution in [0, 0.1) is 6.92 Å². The number of amides is 1. The highest BCUT2D eigenvalue weighted by molar-refractivity contribution is 9.10. The van der Waals surface area contributed by atoms with Crippen LogP contribution in [0.25, 0.3) is 0 Å². The Labute approximate surface area is 113 Å². The maximum Gasteiger partial charge on any atom is 0.272 e. The minimum atomic E-state index is -0.150. The Balaban J connectivity index is 2.07. The molecule has 2 aromatic rings. The smallest absolute Gasteiger partial charge is 0.272 e. The summed E-state index contributed by atoms with van der Waals surface area (Å²) in [6.07, 6.45) is 1.60. The molecule has 18 heavy (non-hydrogen) atoms. The first-order valence-corrected chi connectivity index (χ1v) is 6.15. The third kappa shape index (κ3) is 2.95. The molecule has 2 rings (SSSR count). The standard InChI is InChI=1S/C12H12BrN3O2/c1-8-5-10(15-18-8)7-16(2)12(17)11-4-3-9(13)6-14-11/h3-6H,7H2,1-2H3. The van der Waals surface area contributed by atoms with E-state index in [0.717, 1.165) is 15.9 Å². The van der Waals surface area contributed by atoms with Gasteiger partial charge < -0.3 is 9.42 Å². The van der Waals surface area contributed by atoms with Crippen molar-refractivity contribution in [2.24, 2.45) is 0 Å². The topological polar surface area (TPSA) is 59.2 Å². The van der Waals surface area contributed by atoms with Crippen molar-refractivity contribution in [1.29, 1.82) is 0 Å². The third-order valence-corrected chi connectivity index (χ3v) is 2.84. The zero-order valence-electron chi connectivity index (χ0n) is 10.1. The van der Waals surface area contributed by atoms with Gasteiger partial charge in [-0.15, -0.1) is 0 Å². The first-order valence-electron chi connectivity index (χ1n) is 5.35. The lowest BCUT2D eigenvalue weighted by molar-refractivity contribution is 0.0776. The molecule has 1 amide bonds. The van der Waals surface area contributed by atoms with Crippen molar-refractivity contribution < 1.29 is 9.32 Å². The lowest BCUT2D eigenvalue weighted by atomic mass is 10.3. The highest BCUT2D eigenvalue weighted by Gasteiger charge is 2.14. The van der Waals surface area contributed by atoms with Crippen molar-refractivity contribution in [3.63, 3.8) is 0 Å². The Hall–Kier alpha value is -1.69. The second-order valence-corrected chi connectivity index (χ2v) is 4.87. The van der Waals surface area contributed by atoms with E-state index < -0.39 is 0 Å². The number of aryl methyl sites for hydroxylation is 1. The lowest BCUT2D eigenvalue weighted by Crippen LogP contribution is -2.27. The van der Waals surface area contributed by atoms with E-state index in [1.807, 2.05) is 6.92 Å². The number of hydrogen-bond acceptors (Lipinski definition) is 4. The summed E-state index contributed by atoms with van der Waals surface area (Å²) >= 11 is 3.28. The molecule has 0 spiro atoms. The van der Waals surface area contributed by atoms with Crippen LogP contribution >= 0.6 is 15.9 Å². The van der Waals surface area contributed by atoms with Gasteiger partial charge in [0.15, 0.2) is 0 Å². The molecule has 0 atom stereocenters. The van der Waals surface area contributed by atoms with E-state index in [4.69, 9.17) is 4.52 Å². The minimum Gasteiger partial charge on any atom is -0.361 e. The predicted octanol–water partition coefficient (Wildman–Crippen LogP) is 2.41. The van der Waals surface area contributed by atoms with E-state index in [9.17, 15) is 4.79 Å². The van der Waals surface area contributed by atoms with E-state index in [0.29, 0.717) is 12.2 Å². The van der Waals surface area contributed by atoms with Gasteiger partial charge in [0.2, 0.25) is 0 Å². The summed E-state index contributed by atoms with van der Waals surface area (Å²) in [5.41, 5.74) is 1.13. The monoisotopic (exact) mass is 309 g/mol. The normalized spacial score (nSPS) is 10.4. The number of aromatic nitrogens is 2. The molecular weight excluding hydrogens is 298 g/mol. The SMILES string of the molecule is Cc1cc(CN(C)C(=O)c2ccc(Br)cn2)no1. The summed E-state index contributed by atoms with van der Waals surface area (Å²) in [7, 11) is 1.70. The largest absolute Gasteiger partial charge is 0.361 e. The molecule has 0 bridgehead atoms. The zero-order valence-corrected chi connectivity index (χ0v) is 11.6. The summed E-state index contributed by atoms with van der Waals surface area (Å²) in [6.45, 7) is 2.21. The molecule has 94 valence electrons. The van der Waals surface area contributed by atoms with Gasteiger partial charge in [-0.3, -0.25) is 4.79 Å². The maximum atomic E-state index is 12.1. The second kappa shape index (κ2) is 5.30. The van der Waals surface area contributed by atoms with Gasteiger partial charge in [0.25, 0.3) is 5.91 Å². The first kappa shape index (κ1) is 12.8. The van der Waals surface area contributed by atoms with Crippen molar-refractivity contribution in [2.75, 3.05) is 7.05 Å². The Morgan fingerprint density at radius 3 is 2.83 bits per heavy atom. The van der Waals surface area contributed by atoms with Crippen LogP contribution in [0.1, 0.15) is 21.9 Å². The fraction of sp³-hybridized carbons (Fsp3) is 0.250. The fourth-order valence-corrected chi connectivity index (χ4v) is 1.74. The van der Waals surface area contributed by atoms with Crippen LogP contribution in [0.3, 0.4) is 0 Å². The van der Waals surface area contributed by atoms with E-state index in [-0.39, 0.29) is 5.91 Å². The number of rotatable bonds is 3. The fourth-order valence-electron chi connectivity index (χ4n) is 1.51. The van der Waals surface area contributed by atoms with Gasteiger partial charge in [0.1, 0.15) is 17.1 Å². The zero-order chi connectivity index (χ0) is 13.1. The molecule has 2 heterocycles. The molecule has 0 fully saturated rings. The van der Waals surface area contributed by atoms with Crippen molar-refractivity contribution in [3.05, 3.63) is 46.0 Å². The molecular formula is C12H12BrN3O2. The highest BCUT2D eigenvalue weighted by Crippen LogP contribution is 2.10. The number of hydrogen-bond donors (Lipinski definition) is 0. The molecule has 0 aromatic carbocycles. The van der Waals surface area contributed by atoms with Crippen LogP contribution in [0.2, 0.25) is 0 Å². The van der Waals surface area contributed by atoms with Gasteiger partial charge in [-0.2, -0.15) is 0 Å². The lowest BCUT2D eigenvalue weighted by Gasteiger charge is -2.14. The quantitative estimate of drug-likeness (QED) is 0.873. The summed E-state index contributed by atoms with van der Waals surface area (Å²) in [6, 6.07) is 5.27. The predicted molar refractivity (Wildman–Crippen MR) is 69.0 cm³/mol. The van der Waals surface area contributed by atoms with Crippen molar-refractivity contribution >= 4 is 21.8 Å². The van der Waals surface area contributed by atoms with Crippen molar-refractivity contribution in [3.8, 4) is 0 Å². The van der Waals surface area contributed by atoms with Crippen LogP contribution in [0.15, 0.2) is 33.4 Å². The highest BCUT2D eigenvalue weighted by atomic mass is 79.9. The summed E-state index contributed by atoms with van der Waals surface area (Å²) in [4.78, 5) is 17.7. The van der Waals surface area contributed by atoms with E-state index in [1.165, 1.54) is 0 Å². The van der Waals surface area contributed by atoms with Crippen molar-refractivity contribution in [1.82, 2.24) is 15.0 Å². The van der Waals surface area contributed by atoms with Crippen LogP contribution in [0.4, 0.5) is 0 Å². The Kier molecular flexibility index (Phi) is 3.76. The van der Waals surface area contributed by atoms with Crippen LogP contribution in [-0.4, -0.2) is 28.0 Å². The number of halogens is 1. The number of carbonyl (C=O) groups excluding carboxylic acids is 1. The Morgan fingerprint density at radius 1 is 1.50 bits per heavy atom. The van der Waals surface area contributed by atoms with Gasteiger partial charge >= 0.3 is 0 Å². The average molecular weight is 310 g/mol. The molecule has 6 heteroatoms. The molecule has 2 aromatic heterocycles. The van der Waals surface area contributed by atoms with E-state index >= 15 is 0 Å². The van der Waals surface area contributed by atoms with E-state index in [2.05, 4.69) is 26.1 Å². The molecule has 0 aliphatic carbocycles. The summed E-state index contributed by atoms with van der Waals surface area (Å²) < 4.78 is 5.80. The van der Waals surface area contributed by atoms with Gasteiger partial charge in [-0.25, -0.2) is 4.98 Å². The molecule has 0 saturated heterocycles. The van der Waals surface area contributed by atoms with Gasteiger partial charge in [-0.05, 0) is 35.0 Å². The number of carbonyl (C=O) groups is 1. The Morgan fingerprint density at radius 2 is 2.28 bits per heavy atom. The molecule has 0 unspecified atom stereocenters.